The van der Waals surface area contributed by atoms with E-state index >= 15 is 0 Å². The van der Waals surface area contributed by atoms with Crippen LogP contribution in [0.15, 0.2) is 48.5 Å². The minimum atomic E-state index is -4.61. The minimum absolute atomic E-state index is 0.404. The smallest absolute Gasteiger partial charge is 0.418 e. The van der Waals surface area contributed by atoms with E-state index in [0.717, 1.165) is 24.1 Å². The molecule has 8 heteroatoms. The molecule has 5 nitrogen and oxygen atoms in total. The first-order chi connectivity index (χ1) is 12.8. The number of carbonyl (C=O) groups is 2. The standard InChI is InChI=1S/C19H18F3NO4/c1-2-13-7-9-14(10-8-13)26-12-18(25)27-11-17(24)23-16-6-4-3-5-15(16)19(20,21)22/h3-10H,2,11-12H2,1H3,(H,23,24). The van der Waals surface area contributed by atoms with Crippen molar-refractivity contribution in [1.29, 1.82) is 0 Å². The molecule has 2 aromatic rings. The number of amides is 1. The number of ether oxygens (including phenoxy) is 2. The van der Waals surface area contributed by atoms with Gasteiger partial charge >= 0.3 is 12.1 Å². The Morgan fingerprint density at radius 2 is 1.67 bits per heavy atom. The average Bonchev–Trinajstić information content (AvgIpc) is 2.64. The highest BCUT2D eigenvalue weighted by Crippen LogP contribution is 2.34. The number of hydrogen-bond donors (Lipinski definition) is 1. The molecule has 0 bridgehead atoms. The van der Waals surface area contributed by atoms with Crippen LogP contribution in [-0.4, -0.2) is 25.1 Å². The lowest BCUT2D eigenvalue weighted by Gasteiger charge is -2.13. The van der Waals surface area contributed by atoms with E-state index in [4.69, 9.17) is 9.47 Å². The Balaban J connectivity index is 1.80. The van der Waals surface area contributed by atoms with E-state index in [-0.39, 0.29) is 0 Å². The molecule has 2 rings (SSSR count). The van der Waals surface area contributed by atoms with Gasteiger partial charge in [0.25, 0.3) is 5.91 Å². The average molecular weight is 381 g/mol. The number of benzene rings is 2. The Labute approximate surface area is 154 Å². The maximum Gasteiger partial charge on any atom is 0.418 e. The number of halogens is 3. The molecule has 0 spiro atoms. The van der Waals surface area contributed by atoms with Gasteiger partial charge in [-0.3, -0.25) is 4.79 Å². The van der Waals surface area contributed by atoms with Gasteiger partial charge in [0.15, 0.2) is 13.2 Å². The van der Waals surface area contributed by atoms with Crippen LogP contribution < -0.4 is 10.1 Å². The summed E-state index contributed by atoms with van der Waals surface area (Å²) in [6.45, 7) is 0.867. The van der Waals surface area contributed by atoms with Crippen LogP contribution in [0.5, 0.6) is 5.75 Å². The van der Waals surface area contributed by atoms with Crippen molar-refractivity contribution in [1.82, 2.24) is 0 Å². The van der Waals surface area contributed by atoms with Gasteiger partial charge in [0, 0.05) is 0 Å². The SMILES string of the molecule is CCc1ccc(OCC(=O)OCC(=O)Nc2ccccc2C(F)(F)F)cc1. The number of alkyl halides is 3. The number of hydrogen-bond acceptors (Lipinski definition) is 4. The van der Waals surface area contributed by atoms with Gasteiger partial charge in [-0.15, -0.1) is 0 Å². The Morgan fingerprint density at radius 3 is 2.30 bits per heavy atom. The third-order valence-electron chi connectivity index (χ3n) is 3.56. The second kappa shape index (κ2) is 9.07. The summed E-state index contributed by atoms with van der Waals surface area (Å²) in [4.78, 5) is 23.4. The Kier molecular flexibility index (Phi) is 6.81. The van der Waals surface area contributed by atoms with E-state index < -0.39 is 42.5 Å². The predicted octanol–water partition coefficient (Wildman–Crippen LogP) is 3.83. The van der Waals surface area contributed by atoms with Gasteiger partial charge in [-0.05, 0) is 36.2 Å². The first-order valence-corrected chi connectivity index (χ1v) is 8.13. The fraction of sp³-hybridized carbons (Fsp3) is 0.263. The molecule has 0 unspecified atom stereocenters. The maximum absolute atomic E-state index is 12.9. The van der Waals surface area contributed by atoms with Gasteiger partial charge in [-0.1, -0.05) is 31.2 Å². The van der Waals surface area contributed by atoms with Crippen LogP contribution in [0, 0.1) is 0 Å². The van der Waals surface area contributed by atoms with Gasteiger partial charge < -0.3 is 14.8 Å². The molecule has 0 radical (unpaired) electrons. The fourth-order valence-corrected chi connectivity index (χ4v) is 2.18. The van der Waals surface area contributed by atoms with Crippen LogP contribution in [0.25, 0.3) is 0 Å². The molecule has 27 heavy (non-hydrogen) atoms. The highest BCUT2D eigenvalue weighted by atomic mass is 19.4. The predicted molar refractivity (Wildman–Crippen MR) is 92.3 cm³/mol. The van der Waals surface area contributed by atoms with Crippen molar-refractivity contribution in [2.24, 2.45) is 0 Å². The van der Waals surface area contributed by atoms with Gasteiger partial charge in [-0.2, -0.15) is 13.2 Å². The Morgan fingerprint density at radius 1 is 1.00 bits per heavy atom. The summed E-state index contributed by atoms with van der Waals surface area (Å²) >= 11 is 0. The maximum atomic E-state index is 12.9. The number of rotatable bonds is 7. The van der Waals surface area contributed by atoms with E-state index in [0.29, 0.717) is 5.75 Å². The molecule has 0 saturated heterocycles. The molecule has 1 N–H and O–H groups in total. The third-order valence-corrected chi connectivity index (χ3v) is 3.56. The van der Waals surface area contributed by atoms with Gasteiger partial charge in [0.1, 0.15) is 5.75 Å². The normalized spacial score (nSPS) is 11.0. The number of carbonyl (C=O) groups excluding carboxylic acids is 2. The number of esters is 1. The van der Waals surface area contributed by atoms with Crippen LogP contribution in [0.1, 0.15) is 18.1 Å². The summed E-state index contributed by atoms with van der Waals surface area (Å²) in [6.07, 6.45) is -3.74. The van der Waals surface area contributed by atoms with Gasteiger partial charge in [0.05, 0.1) is 11.3 Å². The van der Waals surface area contributed by atoms with Gasteiger partial charge in [0.2, 0.25) is 0 Å². The highest BCUT2D eigenvalue weighted by molar-refractivity contribution is 5.93. The monoisotopic (exact) mass is 381 g/mol. The summed E-state index contributed by atoms with van der Waals surface area (Å²) in [5.41, 5.74) is -0.275. The molecule has 0 aromatic heterocycles. The van der Waals surface area contributed by atoms with Crippen LogP contribution in [-0.2, 0) is 26.9 Å². The Bertz CT molecular complexity index is 788. The van der Waals surface area contributed by atoms with Crippen molar-refractivity contribution in [2.45, 2.75) is 19.5 Å². The van der Waals surface area contributed by atoms with E-state index in [1.165, 1.54) is 12.1 Å². The van der Waals surface area contributed by atoms with Crippen molar-refractivity contribution >= 4 is 17.6 Å². The van der Waals surface area contributed by atoms with Crippen molar-refractivity contribution in [3.05, 3.63) is 59.7 Å². The summed E-state index contributed by atoms with van der Waals surface area (Å²) < 4.78 is 48.5. The van der Waals surface area contributed by atoms with E-state index in [1.807, 2.05) is 19.1 Å². The topological polar surface area (TPSA) is 64.6 Å². The first-order valence-electron chi connectivity index (χ1n) is 8.13. The lowest BCUT2D eigenvalue weighted by molar-refractivity contribution is -0.149. The highest BCUT2D eigenvalue weighted by Gasteiger charge is 2.33. The number of para-hydroxylation sites is 1. The number of nitrogens with one attached hydrogen (secondary N) is 1. The molecular weight excluding hydrogens is 363 g/mol. The molecule has 0 atom stereocenters. The first kappa shape index (κ1) is 20.3. The lowest BCUT2D eigenvalue weighted by Crippen LogP contribution is -2.24. The zero-order chi connectivity index (χ0) is 19.9. The van der Waals surface area contributed by atoms with Gasteiger partial charge in [-0.25, -0.2) is 4.79 Å². The number of aryl methyl sites for hydroxylation is 1. The second-order valence-corrected chi connectivity index (χ2v) is 5.54. The molecule has 0 aliphatic rings. The van der Waals surface area contributed by atoms with Crippen molar-refractivity contribution in [3.8, 4) is 5.75 Å². The van der Waals surface area contributed by atoms with Crippen LogP contribution in [0.2, 0.25) is 0 Å². The lowest BCUT2D eigenvalue weighted by atomic mass is 10.1. The van der Waals surface area contributed by atoms with Crippen molar-refractivity contribution in [2.75, 3.05) is 18.5 Å². The summed E-state index contributed by atoms with van der Waals surface area (Å²) in [5, 5.41) is 2.08. The second-order valence-electron chi connectivity index (χ2n) is 5.54. The third kappa shape index (κ3) is 6.32. The quantitative estimate of drug-likeness (QED) is 0.741. The summed E-state index contributed by atoms with van der Waals surface area (Å²) in [7, 11) is 0. The van der Waals surface area contributed by atoms with E-state index in [2.05, 4.69) is 5.32 Å². The zero-order valence-corrected chi connectivity index (χ0v) is 14.5. The molecule has 0 aliphatic carbocycles. The molecule has 0 saturated carbocycles. The minimum Gasteiger partial charge on any atom is -0.482 e. The molecule has 0 aliphatic heterocycles. The van der Waals surface area contributed by atoms with Crippen LogP contribution >= 0.6 is 0 Å². The Hall–Kier alpha value is -3.03. The summed E-state index contributed by atoms with van der Waals surface area (Å²) in [6, 6.07) is 11.6. The fourth-order valence-electron chi connectivity index (χ4n) is 2.18. The molecule has 2 aromatic carbocycles. The largest absolute Gasteiger partial charge is 0.482 e. The molecule has 0 fully saturated rings. The molecule has 1 amide bonds. The summed E-state index contributed by atoms with van der Waals surface area (Å²) in [5.74, 6) is -1.23. The molecular formula is C19H18F3NO4. The van der Waals surface area contributed by atoms with E-state index in [9.17, 15) is 22.8 Å². The van der Waals surface area contributed by atoms with Crippen LogP contribution in [0.4, 0.5) is 18.9 Å². The zero-order valence-electron chi connectivity index (χ0n) is 14.5. The van der Waals surface area contributed by atoms with Crippen LogP contribution in [0.3, 0.4) is 0 Å². The van der Waals surface area contributed by atoms with Crippen molar-refractivity contribution < 1.29 is 32.2 Å². The molecule has 0 heterocycles. The van der Waals surface area contributed by atoms with E-state index in [1.54, 1.807) is 12.1 Å². The molecule has 144 valence electrons. The number of anilines is 1. The van der Waals surface area contributed by atoms with Crippen molar-refractivity contribution in [3.63, 3.8) is 0 Å².